The zero-order valence-electron chi connectivity index (χ0n) is 11.7. The van der Waals surface area contributed by atoms with Crippen molar-refractivity contribution in [3.8, 4) is 0 Å². The van der Waals surface area contributed by atoms with E-state index >= 15 is 0 Å². The highest BCUT2D eigenvalue weighted by molar-refractivity contribution is 5.20. The van der Waals surface area contributed by atoms with Crippen LogP contribution in [0, 0.1) is 6.92 Å². The second kappa shape index (κ2) is 6.22. The predicted molar refractivity (Wildman–Crippen MR) is 70.0 cm³/mol. The Kier molecular flexibility index (Phi) is 5.22. The molecule has 0 aliphatic carbocycles. The van der Waals surface area contributed by atoms with Crippen LogP contribution in [-0.4, -0.2) is 12.1 Å². The van der Waals surface area contributed by atoms with Crippen molar-refractivity contribution in [1.82, 2.24) is 5.32 Å². The van der Waals surface area contributed by atoms with Gasteiger partial charge in [-0.05, 0) is 46.7 Å². The summed E-state index contributed by atoms with van der Waals surface area (Å²) in [7, 11) is 0. The number of aryl methyl sites for hydroxylation is 1. The van der Waals surface area contributed by atoms with E-state index in [0.29, 0.717) is 6.61 Å². The van der Waals surface area contributed by atoms with Crippen LogP contribution in [0.4, 0.5) is 0 Å². The molecule has 0 amide bonds. The van der Waals surface area contributed by atoms with Crippen molar-refractivity contribution in [3.05, 3.63) is 23.2 Å². The zero-order valence-corrected chi connectivity index (χ0v) is 11.7. The average Bonchev–Trinajstić information content (AvgIpc) is 2.56. The van der Waals surface area contributed by atoms with E-state index in [1.165, 1.54) is 0 Å². The quantitative estimate of drug-likeness (QED) is 0.773. The molecule has 1 rings (SSSR count). The first-order valence-corrected chi connectivity index (χ1v) is 6.35. The molecule has 0 bridgehead atoms. The van der Waals surface area contributed by atoms with Gasteiger partial charge in [-0.1, -0.05) is 6.92 Å². The maximum absolute atomic E-state index is 5.75. The van der Waals surface area contributed by atoms with Crippen molar-refractivity contribution in [3.63, 3.8) is 0 Å². The molecule has 0 aliphatic heterocycles. The van der Waals surface area contributed by atoms with Crippen LogP contribution in [0.1, 0.15) is 51.2 Å². The minimum atomic E-state index is -0.107. The van der Waals surface area contributed by atoms with Gasteiger partial charge < -0.3 is 14.5 Å². The number of furan rings is 1. The molecule has 1 aromatic rings. The maximum Gasteiger partial charge on any atom is 0.118 e. The summed E-state index contributed by atoms with van der Waals surface area (Å²) in [5, 5.41) is 3.33. The second-order valence-electron chi connectivity index (χ2n) is 5.37. The summed E-state index contributed by atoms with van der Waals surface area (Å²) in [5.41, 5.74) is 1.04. The smallest absolute Gasteiger partial charge is 0.118 e. The van der Waals surface area contributed by atoms with Crippen molar-refractivity contribution in [2.24, 2.45) is 0 Å². The van der Waals surface area contributed by atoms with Gasteiger partial charge in [0.15, 0.2) is 0 Å². The first-order valence-electron chi connectivity index (χ1n) is 6.35. The third-order valence-electron chi connectivity index (χ3n) is 2.46. The summed E-state index contributed by atoms with van der Waals surface area (Å²) in [6.45, 7) is 12.8. The Morgan fingerprint density at radius 2 is 2.06 bits per heavy atom. The van der Waals surface area contributed by atoms with E-state index in [2.05, 4.69) is 39.1 Å². The van der Waals surface area contributed by atoms with Crippen LogP contribution in [0.15, 0.2) is 10.5 Å². The van der Waals surface area contributed by atoms with Gasteiger partial charge in [0.25, 0.3) is 0 Å². The molecule has 0 fully saturated rings. The first-order chi connectivity index (χ1) is 7.92. The largest absolute Gasteiger partial charge is 0.465 e. The third kappa shape index (κ3) is 5.37. The number of ether oxygens (including phenoxy) is 1. The summed E-state index contributed by atoms with van der Waals surface area (Å²) in [4.78, 5) is 0. The van der Waals surface area contributed by atoms with Gasteiger partial charge in [0.05, 0.1) is 18.8 Å². The fourth-order valence-corrected chi connectivity index (χ4v) is 1.50. The standard InChI is InChI=1S/C14H25NO2/c1-6-7-15-9-13-8-12(11(2)17-13)10-16-14(3,4)5/h8,15H,6-7,9-10H2,1-5H3. The lowest BCUT2D eigenvalue weighted by Gasteiger charge is -2.18. The SMILES string of the molecule is CCCNCc1cc(COC(C)(C)C)c(C)o1. The Morgan fingerprint density at radius 1 is 1.35 bits per heavy atom. The number of hydrogen-bond acceptors (Lipinski definition) is 3. The van der Waals surface area contributed by atoms with Gasteiger partial charge in [-0.2, -0.15) is 0 Å². The molecular weight excluding hydrogens is 214 g/mol. The van der Waals surface area contributed by atoms with Crippen molar-refractivity contribution >= 4 is 0 Å². The highest BCUT2D eigenvalue weighted by atomic mass is 16.5. The van der Waals surface area contributed by atoms with Gasteiger partial charge in [0, 0.05) is 5.56 Å². The van der Waals surface area contributed by atoms with Crippen LogP contribution in [0.2, 0.25) is 0 Å². The second-order valence-corrected chi connectivity index (χ2v) is 5.37. The Hall–Kier alpha value is -0.800. The minimum Gasteiger partial charge on any atom is -0.465 e. The van der Waals surface area contributed by atoms with E-state index in [-0.39, 0.29) is 5.60 Å². The molecule has 0 radical (unpaired) electrons. The van der Waals surface area contributed by atoms with E-state index in [0.717, 1.165) is 36.6 Å². The molecule has 0 unspecified atom stereocenters. The topological polar surface area (TPSA) is 34.4 Å². The minimum absolute atomic E-state index is 0.107. The maximum atomic E-state index is 5.75. The Morgan fingerprint density at radius 3 is 2.65 bits per heavy atom. The van der Waals surface area contributed by atoms with Crippen molar-refractivity contribution in [2.75, 3.05) is 6.54 Å². The number of rotatable bonds is 6. The third-order valence-corrected chi connectivity index (χ3v) is 2.46. The molecule has 0 saturated carbocycles. The lowest BCUT2D eigenvalue weighted by Crippen LogP contribution is -2.18. The fourth-order valence-electron chi connectivity index (χ4n) is 1.50. The van der Waals surface area contributed by atoms with Gasteiger partial charge in [-0.25, -0.2) is 0 Å². The summed E-state index contributed by atoms with van der Waals surface area (Å²) >= 11 is 0. The lowest BCUT2D eigenvalue weighted by molar-refractivity contribution is -0.0153. The normalized spacial score (nSPS) is 12.1. The molecule has 0 saturated heterocycles. The molecular formula is C14H25NO2. The van der Waals surface area contributed by atoms with Gasteiger partial charge in [-0.15, -0.1) is 0 Å². The highest BCUT2D eigenvalue weighted by Crippen LogP contribution is 2.18. The molecule has 3 nitrogen and oxygen atoms in total. The van der Waals surface area contributed by atoms with E-state index in [1.54, 1.807) is 0 Å². The molecule has 0 atom stereocenters. The summed E-state index contributed by atoms with van der Waals surface area (Å²) in [5.74, 6) is 1.95. The van der Waals surface area contributed by atoms with E-state index < -0.39 is 0 Å². The molecule has 0 aromatic carbocycles. The lowest BCUT2D eigenvalue weighted by atomic mass is 10.2. The Bertz CT molecular complexity index is 336. The van der Waals surface area contributed by atoms with Gasteiger partial charge in [0.2, 0.25) is 0 Å². The van der Waals surface area contributed by atoms with Crippen LogP contribution in [0.5, 0.6) is 0 Å². The molecule has 1 aromatic heterocycles. The number of hydrogen-bond donors (Lipinski definition) is 1. The molecule has 1 heterocycles. The highest BCUT2D eigenvalue weighted by Gasteiger charge is 2.13. The molecule has 98 valence electrons. The van der Waals surface area contributed by atoms with Gasteiger partial charge >= 0.3 is 0 Å². The van der Waals surface area contributed by atoms with Gasteiger partial charge in [-0.3, -0.25) is 0 Å². The molecule has 0 spiro atoms. The zero-order chi connectivity index (χ0) is 12.9. The van der Waals surface area contributed by atoms with Gasteiger partial charge in [0.1, 0.15) is 11.5 Å². The van der Waals surface area contributed by atoms with Crippen LogP contribution >= 0.6 is 0 Å². The Labute approximate surface area is 105 Å². The average molecular weight is 239 g/mol. The summed E-state index contributed by atoms with van der Waals surface area (Å²) < 4.78 is 11.4. The predicted octanol–water partition coefficient (Wildman–Crippen LogP) is 3.40. The van der Waals surface area contributed by atoms with Crippen LogP contribution in [0.3, 0.4) is 0 Å². The van der Waals surface area contributed by atoms with Crippen molar-refractivity contribution < 1.29 is 9.15 Å². The van der Waals surface area contributed by atoms with E-state index in [4.69, 9.17) is 9.15 Å². The summed E-state index contributed by atoms with van der Waals surface area (Å²) in [6.07, 6.45) is 1.14. The van der Waals surface area contributed by atoms with Crippen molar-refractivity contribution in [1.29, 1.82) is 0 Å². The molecule has 1 N–H and O–H groups in total. The Balaban J connectivity index is 2.50. The monoisotopic (exact) mass is 239 g/mol. The molecule has 3 heteroatoms. The van der Waals surface area contributed by atoms with Crippen LogP contribution in [0.25, 0.3) is 0 Å². The summed E-state index contributed by atoms with van der Waals surface area (Å²) in [6, 6.07) is 2.09. The fraction of sp³-hybridized carbons (Fsp3) is 0.714. The molecule has 0 aliphatic rings. The first kappa shape index (κ1) is 14.3. The molecule has 17 heavy (non-hydrogen) atoms. The van der Waals surface area contributed by atoms with Crippen molar-refractivity contribution in [2.45, 2.75) is 59.8 Å². The van der Waals surface area contributed by atoms with E-state index in [9.17, 15) is 0 Å². The van der Waals surface area contributed by atoms with E-state index in [1.807, 2.05) is 6.92 Å². The van der Waals surface area contributed by atoms with Crippen LogP contribution in [-0.2, 0) is 17.9 Å². The van der Waals surface area contributed by atoms with Crippen LogP contribution < -0.4 is 5.32 Å². The number of nitrogens with one attached hydrogen (secondary N) is 1.